The summed E-state index contributed by atoms with van der Waals surface area (Å²) in [6.45, 7) is 4.98. The molecule has 3 fully saturated rings. The second-order valence-electron chi connectivity index (χ2n) is 12.2. The Hall–Kier alpha value is -2.79. The number of amides is 3. The van der Waals surface area contributed by atoms with Crippen molar-refractivity contribution in [2.24, 2.45) is 11.8 Å². The van der Waals surface area contributed by atoms with Crippen molar-refractivity contribution in [3.63, 3.8) is 0 Å². The van der Waals surface area contributed by atoms with Crippen molar-refractivity contribution in [2.45, 2.75) is 95.0 Å². The van der Waals surface area contributed by atoms with Crippen LogP contribution in [0.4, 0.5) is 8.78 Å². The first-order valence-corrected chi connectivity index (χ1v) is 15.0. The number of piperazine rings is 1. The Labute approximate surface area is 240 Å². The first-order chi connectivity index (χ1) is 19.6. The SMILES string of the molecule is CC[C@@H](C)C(=O)N[C@H](C(=O)N1C[C@H]2C[C@@H](O)CN2C[C@H]1C(=O)N[C@@H]1CCOc2ccccc21)C1CCC(F)(F)CC1. The van der Waals surface area contributed by atoms with Gasteiger partial charge in [-0.25, -0.2) is 8.78 Å². The van der Waals surface area contributed by atoms with Crippen LogP contribution in [0.15, 0.2) is 24.3 Å². The number of ether oxygens (including phenoxy) is 1. The van der Waals surface area contributed by atoms with Crippen molar-refractivity contribution in [1.82, 2.24) is 20.4 Å². The maximum absolute atomic E-state index is 14.3. The highest BCUT2D eigenvalue weighted by atomic mass is 19.3. The second kappa shape index (κ2) is 12.2. The molecule has 3 aliphatic heterocycles. The van der Waals surface area contributed by atoms with Crippen LogP contribution in [0, 0.1) is 11.8 Å². The summed E-state index contributed by atoms with van der Waals surface area (Å²) < 4.78 is 33.8. The van der Waals surface area contributed by atoms with Gasteiger partial charge in [0, 0.05) is 56.4 Å². The molecule has 6 atom stereocenters. The number of benzene rings is 1. The number of aliphatic hydroxyl groups excluding tert-OH is 1. The summed E-state index contributed by atoms with van der Waals surface area (Å²) in [6.07, 6.45) is 0.633. The Kier molecular flexibility index (Phi) is 8.84. The molecule has 11 heteroatoms. The third kappa shape index (κ3) is 6.51. The molecule has 0 bridgehead atoms. The summed E-state index contributed by atoms with van der Waals surface area (Å²) in [4.78, 5) is 44.8. The molecule has 0 radical (unpaired) electrons. The van der Waals surface area contributed by atoms with E-state index in [2.05, 4.69) is 10.6 Å². The zero-order valence-corrected chi connectivity index (χ0v) is 23.9. The fourth-order valence-electron chi connectivity index (χ4n) is 6.71. The molecular weight excluding hydrogens is 534 g/mol. The third-order valence-electron chi connectivity index (χ3n) is 9.41. The number of halogens is 2. The molecule has 2 saturated heterocycles. The van der Waals surface area contributed by atoms with E-state index in [1.807, 2.05) is 36.1 Å². The fraction of sp³-hybridized carbons (Fsp3) is 0.700. The van der Waals surface area contributed by atoms with Crippen LogP contribution in [0.25, 0.3) is 0 Å². The molecule has 1 saturated carbocycles. The summed E-state index contributed by atoms with van der Waals surface area (Å²) in [5, 5.41) is 16.4. The quantitative estimate of drug-likeness (QED) is 0.461. The molecule has 0 aromatic heterocycles. The number of carbonyl (C=O) groups is 3. The number of carbonyl (C=O) groups excluding carboxylic acids is 3. The van der Waals surface area contributed by atoms with Crippen molar-refractivity contribution in [3.8, 4) is 5.75 Å². The van der Waals surface area contributed by atoms with E-state index in [4.69, 9.17) is 4.74 Å². The van der Waals surface area contributed by atoms with Crippen LogP contribution >= 0.6 is 0 Å². The fourth-order valence-corrected chi connectivity index (χ4v) is 6.71. The first-order valence-electron chi connectivity index (χ1n) is 15.0. The number of nitrogens with one attached hydrogen (secondary N) is 2. The second-order valence-corrected chi connectivity index (χ2v) is 12.2. The Morgan fingerprint density at radius 3 is 2.59 bits per heavy atom. The van der Waals surface area contributed by atoms with Crippen molar-refractivity contribution < 1.29 is 33.0 Å². The highest BCUT2D eigenvalue weighted by molar-refractivity contribution is 5.93. The zero-order valence-electron chi connectivity index (χ0n) is 23.9. The predicted octanol–water partition coefficient (Wildman–Crippen LogP) is 2.63. The van der Waals surface area contributed by atoms with Gasteiger partial charge in [-0.2, -0.15) is 0 Å². The lowest BCUT2D eigenvalue weighted by atomic mass is 9.81. The van der Waals surface area contributed by atoms with E-state index in [-0.39, 0.29) is 68.6 Å². The molecule has 3 N–H and O–H groups in total. The van der Waals surface area contributed by atoms with E-state index < -0.39 is 35.9 Å². The number of rotatable bonds is 7. The lowest BCUT2D eigenvalue weighted by molar-refractivity contribution is -0.150. The Morgan fingerprint density at radius 1 is 1.12 bits per heavy atom. The predicted molar refractivity (Wildman–Crippen MR) is 147 cm³/mol. The monoisotopic (exact) mass is 576 g/mol. The molecule has 9 nitrogen and oxygen atoms in total. The summed E-state index contributed by atoms with van der Waals surface area (Å²) in [5.74, 6) is -3.88. The molecule has 1 aromatic carbocycles. The van der Waals surface area contributed by atoms with E-state index in [1.54, 1.807) is 6.92 Å². The molecular formula is C30H42F2N4O5. The third-order valence-corrected chi connectivity index (χ3v) is 9.41. The molecule has 226 valence electrons. The Balaban J connectivity index is 1.40. The van der Waals surface area contributed by atoms with Gasteiger partial charge in [-0.1, -0.05) is 32.0 Å². The van der Waals surface area contributed by atoms with Gasteiger partial charge >= 0.3 is 0 Å². The van der Waals surface area contributed by atoms with Crippen LogP contribution in [0.1, 0.15) is 70.4 Å². The van der Waals surface area contributed by atoms with E-state index in [9.17, 15) is 28.3 Å². The number of para-hydroxylation sites is 1. The van der Waals surface area contributed by atoms with Gasteiger partial charge in [-0.05, 0) is 37.7 Å². The van der Waals surface area contributed by atoms with Gasteiger partial charge in [0.2, 0.25) is 23.6 Å². The minimum Gasteiger partial charge on any atom is -0.493 e. The minimum absolute atomic E-state index is 0.113. The Morgan fingerprint density at radius 2 is 1.85 bits per heavy atom. The smallest absolute Gasteiger partial charge is 0.248 e. The molecule has 0 spiro atoms. The molecule has 4 aliphatic rings. The largest absolute Gasteiger partial charge is 0.493 e. The minimum atomic E-state index is -2.78. The van der Waals surface area contributed by atoms with Gasteiger partial charge in [-0.15, -0.1) is 0 Å². The van der Waals surface area contributed by atoms with E-state index in [0.717, 1.165) is 5.56 Å². The molecule has 5 rings (SSSR count). The Bertz CT molecular complexity index is 1130. The van der Waals surface area contributed by atoms with Crippen LogP contribution in [-0.4, -0.2) is 89.0 Å². The average molecular weight is 577 g/mol. The highest BCUT2D eigenvalue weighted by Gasteiger charge is 2.48. The molecule has 3 heterocycles. The van der Waals surface area contributed by atoms with E-state index in [0.29, 0.717) is 38.2 Å². The van der Waals surface area contributed by atoms with Crippen molar-refractivity contribution in [1.29, 1.82) is 0 Å². The van der Waals surface area contributed by atoms with Crippen LogP contribution in [0.3, 0.4) is 0 Å². The number of fused-ring (bicyclic) bond motifs is 2. The number of hydrogen-bond acceptors (Lipinski definition) is 6. The molecule has 41 heavy (non-hydrogen) atoms. The highest BCUT2D eigenvalue weighted by Crippen LogP contribution is 2.39. The number of alkyl halides is 2. The maximum Gasteiger partial charge on any atom is 0.248 e. The van der Waals surface area contributed by atoms with E-state index >= 15 is 0 Å². The van der Waals surface area contributed by atoms with Crippen molar-refractivity contribution >= 4 is 17.7 Å². The van der Waals surface area contributed by atoms with Crippen molar-refractivity contribution in [3.05, 3.63) is 29.8 Å². The lowest BCUT2D eigenvalue weighted by Crippen LogP contribution is -2.66. The van der Waals surface area contributed by atoms with Crippen LogP contribution in [0.2, 0.25) is 0 Å². The molecule has 0 unspecified atom stereocenters. The molecule has 1 aromatic rings. The van der Waals surface area contributed by atoms with Gasteiger partial charge in [0.1, 0.15) is 17.8 Å². The zero-order chi connectivity index (χ0) is 29.3. The lowest BCUT2D eigenvalue weighted by Gasteiger charge is -2.45. The first kappa shape index (κ1) is 29.7. The molecule has 3 amide bonds. The van der Waals surface area contributed by atoms with Crippen LogP contribution in [-0.2, 0) is 14.4 Å². The average Bonchev–Trinajstić information content (AvgIpc) is 3.33. The standard InChI is InChI=1S/C30H42F2N4O5/c1-3-18(2)27(38)34-26(19-8-11-30(31,32)12-9-19)29(40)36-15-20-14-21(37)16-35(20)17-24(36)28(39)33-23-10-13-41-25-7-5-4-6-22(23)25/h4-7,18-21,23-24,26,37H,3,8-17H2,1-2H3,(H,33,39)(H,34,38)/t18-,20-,21-,23-,24+,26+/m1/s1. The van der Waals surface area contributed by atoms with Gasteiger partial charge < -0.3 is 25.4 Å². The number of hydrogen-bond donors (Lipinski definition) is 3. The van der Waals surface area contributed by atoms with Crippen LogP contribution < -0.4 is 15.4 Å². The molecule has 1 aliphatic carbocycles. The van der Waals surface area contributed by atoms with Crippen molar-refractivity contribution in [2.75, 3.05) is 26.2 Å². The number of aliphatic hydroxyl groups is 1. The normalized spacial score (nSPS) is 29.4. The summed E-state index contributed by atoms with van der Waals surface area (Å²) in [7, 11) is 0. The van der Waals surface area contributed by atoms with Gasteiger partial charge in [0.25, 0.3) is 0 Å². The van der Waals surface area contributed by atoms with Gasteiger partial charge in [-0.3, -0.25) is 19.3 Å². The topological polar surface area (TPSA) is 111 Å². The maximum atomic E-state index is 14.3. The van der Waals surface area contributed by atoms with Gasteiger partial charge in [0.15, 0.2) is 0 Å². The van der Waals surface area contributed by atoms with Crippen LogP contribution in [0.5, 0.6) is 5.75 Å². The summed E-state index contributed by atoms with van der Waals surface area (Å²) in [6, 6.07) is 5.28. The summed E-state index contributed by atoms with van der Waals surface area (Å²) >= 11 is 0. The number of nitrogens with zero attached hydrogens (tertiary/aromatic N) is 2. The van der Waals surface area contributed by atoms with E-state index in [1.165, 1.54) is 4.90 Å². The summed E-state index contributed by atoms with van der Waals surface area (Å²) in [5.41, 5.74) is 0.872. The van der Waals surface area contributed by atoms with Gasteiger partial charge in [0.05, 0.1) is 18.8 Å².